The molecule has 20 heavy (non-hydrogen) atoms. The first-order valence-corrected chi connectivity index (χ1v) is 7.79. The molecule has 0 amide bonds. The lowest BCUT2D eigenvalue weighted by atomic mass is 9.95. The van der Waals surface area contributed by atoms with Gasteiger partial charge in [-0.3, -0.25) is 4.90 Å². The minimum absolute atomic E-state index is 0.365. The molecule has 2 aliphatic rings. The molecule has 3 nitrogen and oxygen atoms in total. The number of piperidine rings is 1. The van der Waals surface area contributed by atoms with Crippen molar-refractivity contribution in [3.8, 4) is 0 Å². The molecule has 3 unspecified atom stereocenters. The first-order valence-electron chi connectivity index (χ1n) is 7.79. The Bertz CT molecular complexity index is 410. The van der Waals surface area contributed by atoms with Gasteiger partial charge in [0.05, 0.1) is 12.6 Å². The van der Waals surface area contributed by atoms with Crippen molar-refractivity contribution in [3.63, 3.8) is 0 Å². The molecule has 2 aliphatic heterocycles. The summed E-state index contributed by atoms with van der Waals surface area (Å²) < 4.78 is 5.48. The number of benzene rings is 1. The van der Waals surface area contributed by atoms with Crippen LogP contribution in [0.2, 0.25) is 0 Å². The highest BCUT2D eigenvalue weighted by molar-refractivity contribution is 5.19. The van der Waals surface area contributed by atoms with E-state index in [1.54, 1.807) is 7.11 Å². The number of likely N-dealkylation sites (N-methyl/N-ethyl adjacent to an activating group) is 1. The largest absolute Gasteiger partial charge is 0.383 e. The molecule has 0 aromatic heterocycles. The van der Waals surface area contributed by atoms with Gasteiger partial charge in [0.15, 0.2) is 0 Å². The Morgan fingerprint density at radius 2 is 1.85 bits per heavy atom. The van der Waals surface area contributed by atoms with E-state index in [2.05, 4.69) is 47.6 Å². The van der Waals surface area contributed by atoms with E-state index >= 15 is 0 Å². The third-order valence-electron chi connectivity index (χ3n) is 5.02. The van der Waals surface area contributed by atoms with Crippen molar-refractivity contribution in [1.29, 1.82) is 0 Å². The molecule has 1 aromatic rings. The number of hydrogen-bond acceptors (Lipinski definition) is 3. The lowest BCUT2D eigenvalue weighted by molar-refractivity contribution is 0.0612. The fourth-order valence-corrected chi connectivity index (χ4v) is 3.90. The monoisotopic (exact) mass is 274 g/mol. The summed E-state index contributed by atoms with van der Waals surface area (Å²) in [5, 5.41) is 3.73. The molecule has 3 rings (SSSR count). The first kappa shape index (κ1) is 14.1. The Morgan fingerprint density at radius 3 is 2.45 bits per heavy atom. The van der Waals surface area contributed by atoms with Crippen LogP contribution in [0.25, 0.3) is 0 Å². The summed E-state index contributed by atoms with van der Waals surface area (Å²) in [6, 6.07) is 13.3. The Kier molecular flexibility index (Phi) is 4.39. The Morgan fingerprint density at radius 1 is 1.20 bits per heavy atom. The van der Waals surface area contributed by atoms with Gasteiger partial charge >= 0.3 is 0 Å². The van der Waals surface area contributed by atoms with E-state index < -0.39 is 0 Å². The van der Waals surface area contributed by atoms with Crippen LogP contribution in [0.3, 0.4) is 0 Å². The molecule has 1 N–H and O–H groups in total. The van der Waals surface area contributed by atoms with Crippen molar-refractivity contribution in [3.05, 3.63) is 35.9 Å². The molecular formula is C17H26N2O. The van der Waals surface area contributed by atoms with Crippen LogP contribution in [0.5, 0.6) is 0 Å². The van der Waals surface area contributed by atoms with Gasteiger partial charge in [-0.05, 0) is 38.3 Å². The highest BCUT2D eigenvalue weighted by Gasteiger charge is 2.36. The number of nitrogens with one attached hydrogen (secondary N) is 1. The fourth-order valence-electron chi connectivity index (χ4n) is 3.90. The standard InChI is InChI=1S/C17H26N2O/c1-19(16-10-14-8-9-15(11-16)18-14)17(12-20-2)13-6-4-3-5-7-13/h3-7,14-18H,8-12H2,1-2H3. The summed E-state index contributed by atoms with van der Waals surface area (Å²) in [5.41, 5.74) is 1.36. The Balaban J connectivity index is 1.74. The maximum Gasteiger partial charge on any atom is 0.0659 e. The van der Waals surface area contributed by atoms with E-state index in [-0.39, 0.29) is 0 Å². The van der Waals surface area contributed by atoms with Crippen LogP contribution in [-0.2, 0) is 4.74 Å². The average molecular weight is 274 g/mol. The highest BCUT2D eigenvalue weighted by Crippen LogP contribution is 2.33. The lowest BCUT2D eigenvalue weighted by Gasteiger charge is -2.40. The van der Waals surface area contributed by atoms with Gasteiger partial charge in [0.2, 0.25) is 0 Å². The summed E-state index contributed by atoms with van der Waals surface area (Å²) in [4.78, 5) is 2.55. The molecule has 1 aromatic carbocycles. The van der Waals surface area contributed by atoms with Crippen molar-refractivity contribution < 1.29 is 4.74 Å². The predicted molar refractivity (Wildman–Crippen MR) is 81.8 cm³/mol. The topological polar surface area (TPSA) is 24.5 Å². The van der Waals surface area contributed by atoms with E-state index in [1.807, 2.05) is 0 Å². The van der Waals surface area contributed by atoms with Gasteiger partial charge in [0.1, 0.15) is 0 Å². The molecule has 2 heterocycles. The summed E-state index contributed by atoms with van der Waals surface area (Å²) in [5.74, 6) is 0. The minimum Gasteiger partial charge on any atom is -0.383 e. The van der Waals surface area contributed by atoms with Gasteiger partial charge in [-0.15, -0.1) is 0 Å². The second-order valence-corrected chi connectivity index (χ2v) is 6.31. The van der Waals surface area contributed by atoms with Crippen LogP contribution in [0.4, 0.5) is 0 Å². The van der Waals surface area contributed by atoms with Crippen LogP contribution < -0.4 is 5.32 Å². The summed E-state index contributed by atoms with van der Waals surface area (Å²) in [6.07, 6.45) is 5.27. The smallest absolute Gasteiger partial charge is 0.0659 e. The van der Waals surface area contributed by atoms with Crippen molar-refractivity contribution in [2.75, 3.05) is 20.8 Å². The van der Waals surface area contributed by atoms with Crippen LogP contribution in [0, 0.1) is 0 Å². The maximum absolute atomic E-state index is 5.48. The van der Waals surface area contributed by atoms with Crippen LogP contribution in [0.1, 0.15) is 37.3 Å². The zero-order chi connectivity index (χ0) is 13.9. The van der Waals surface area contributed by atoms with Crippen LogP contribution in [0.15, 0.2) is 30.3 Å². The molecule has 110 valence electrons. The minimum atomic E-state index is 0.365. The fraction of sp³-hybridized carbons (Fsp3) is 0.647. The zero-order valence-corrected chi connectivity index (χ0v) is 12.6. The molecule has 2 bridgehead atoms. The maximum atomic E-state index is 5.48. The van der Waals surface area contributed by atoms with Gasteiger partial charge in [-0.1, -0.05) is 30.3 Å². The van der Waals surface area contributed by atoms with Crippen molar-refractivity contribution >= 4 is 0 Å². The molecule has 0 spiro atoms. The van der Waals surface area contributed by atoms with Gasteiger partial charge in [-0.2, -0.15) is 0 Å². The van der Waals surface area contributed by atoms with Gasteiger partial charge in [0.25, 0.3) is 0 Å². The molecular weight excluding hydrogens is 248 g/mol. The van der Waals surface area contributed by atoms with Gasteiger partial charge in [-0.25, -0.2) is 0 Å². The van der Waals surface area contributed by atoms with Crippen LogP contribution in [-0.4, -0.2) is 43.8 Å². The van der Waals surface area contributed by atoms with E-state index in [0.29, 0.717) is 12.1 Å². The second-order valence-electron chi connectivity index (χ2n) is 6.31. The SMILES string of the molecule is COCC(c1ccccc1)N(C)C1CC2CCC(C1)N2. The number of ether oxygens (including phenoxy) is 1. The molecule has 3 heteroatoms. The third kappa shape index (κ3) is 2.90. The zero-order valence-electron chi connectivity index (χ0n) is 12.6. The quantitative estimate of drug-likeness (QED) is 0.893. The third-order valence-corrected chi connectivity index (χ3v) is 5.02. The molecule has 2 saturated heterocycles. The molecule has 2 fully saturated rings. The van der Waals surface area contributed by atoms with Gasteiger partial charge < -0.3 is 10.1 Å². The summed E-state index contributed by atoms with van der Waals surface area (Å²) >= 11 is 0. The lowest BCUT2D eigenvalue weighted by Crippen LogP contribution is -2.48. The Hall–Kier alpha value is -0.900. The van der Waals surface area contributed by atoms with E-state index in [1.165, 1.54) is 31.2 Å². The first-order chi connectivity index (χ1) is 9.78. The second kappa shape index (κ2) is 6.25. The number of nitrogens with zero attached hydrogens (tertiary/aromatic N) is 1. The summed E-state index contributed by atoms with van der Waals surface area (Å²) in [6.45, 7) is 0.764. The molecule has 0 saturated carbocycles. The number of fused-ring (bicyclic) bond motifs is 2. The summed E-state index contributed by atoms with van der Waals surface area (Å²) in [7, 11) is 4.07. The Labute approximate surface area is 122 Å². The molecule has 0 aliphatic carbocycles. The number of hydrogen-bond donors (Lipinski definition) is 1. The normalized spacial score (nSPS) is 30.6. The average Bonchev–Trinajstić information content (AvgIpc) is 2.83. The van der Waals surface area contributed by atoms with E-state index in [9.17, 15) is 0 Å². The molecule has 0 radical (unpaired) electrons. The molecule has 3 atom stereocenters. The van der Waals surface area contributed by atoms with Crippen molar-refractivity contribution in [2.45, 2.75) is 49.9 Å². The highest BCUT2D eigenvalue weighted by atomic mass is 16.5. The van der Waals surface area contributed by atoms with Gasteiger partial charge in [0, 0.05) is 25.2 Å². The van der Waals surface area contributed by atoms with E-state index in [0.717, 1.165) is 18.7 Å². The van der Waals surface area contributed by atoms with E-state index in [4.69, 9.17) is 4.74 Å². The predicted octanol–water partition coefficient (Wildman–Crippen LogP) is 2.59. The number of rotatable bonds is 5. The van der Waals surface area contributed by atoms with Crippen LogP contribution >= 0.6 is 0 Å². The van der Waals surface area contributed by atoms with Crippen molar-refractivity contribution in [1.82, 2.24) is 10.2 Å². The number of methoxy groups -OCH3 is 1. The van der Waals surface area contributed by atoms with Crippen molar-refractivity contribution in [2.24, 2.45) is 0 Å².